The van der Waals surface area contributed by atoms with E-state index in [4.69, 9.17) is 0 Å². The van der Waals surface area contributed by atoms with Crippen LogP contribution in [0.25, 0.3) is 0 Å². The fourth-order valence-corrected chi connectivity index (χ4v) is 3.88. The Morgan fingerprint density at radius 3 is 2.28 bits per heavy atom. The second-order valence-corrected chi connectivity index (χ2v) is 7.83. The van der Waals surface area contributed by atoms with E-state index in [1.54, 1.807) is 0 Å². The molecule has 1 heterocycles. The predicted octanol–water partition coefficient (Wildman–Crippen LogP) is 5.80. The molecule has 0 aliphatic carbocycles. The SMILES string of the molecule is CCCCCCCCCCc1ccc(C(=O)C(C)C2CCNC2)cc1. The van der Waals surface area contributed by atoms with Gasteiger partial charge in [-0.05, 0) is 43.8 Å². The van der Waals surface area contributed by atoms with E-state index in [9.17, 15) is 4.79 Å². The van der Waals surface area contributed by atoms with Gasteiger partial charge in [0.25, 0.3) is 0 Å². The lowest BCUT2D eigenvalue weighted by atomic mass is 9.86. The minimum absolute atomic E-state index is 0.133. The number of carbonyl (C=O) groups excluding carboxylic acids is 1. The lowest BCUT2D eigenvalue weighted by Gasteiger charge is -2.17. The third-order valence-electron chi connectivity index (χ3n) is 5.78. The van der Waals surface area contributed by atoms with Gasteiger partial charge in [0, 0.05) is 11.5 Å². The Hall–Kier alpha value is -1.15. The molecular formula is C23H37NO. The Morgan fingerprint density at radius 2 is 1.68 bits per heavy atom. The molecule has 2 heteroatoms. The number of ketones is 1. The third kappa shape index (κ3) is 6.93. The Labute approximate surface area is 154 Å². The molecule has 1 aromatic rings. The summed E-state index contributed by atoms with van der Waals surface area (Å²) in [7, 11) is 0. The number of benzene rings is 1. The maximum atomic E-state index is 12.6. The summed E-state index contributed by atoms with van der Waals surface area (Å²) < 4.78 is 0. The summed E-state index contributed by atoms with van der Waals surface area (Å²) in [6, 6.07) is 8.41. The molecule has 0 aromatic heterocycles. The largest absolute Gasteiger partial charge is 0.316 e. The number of Topliss-reactive ketones (excluding diaryl/α,β-unsaturated/α-hetero) is 1. The summed E-state index contributed by atoms with van der Waals surface area (Å²) in [6.07, 6.45) is 13.2. The molecular weight excluding hydrogens is 306 g/mol. The second kappa shape index (κ2) is 11.5. The van der Waals surface area contributed by atoms with Crippen molar-refractivity contribution in [3.8, 4) is 0 Å². The third-order valence-corrected chi connectivity index (χ3v) is 5.78. The zero-order chi connectivity index (χ0) is 17.9. The van der Waals surface area contributed by atoms with Crippen molar-refractivity contribution in [3.63, 3.8) is 0 Å². The number of aryl methyl sites for hydroxylation is 1. The zero-order valence-electron chi connectivity index (χ0n) is 16.4. The number of rotatable bonds is 12. The number of nitrogens with one attached hydrogen (secondary N) is 1. The van der Waals surface area contributed by atoms with E-state index < -0.39 is 0 Å². The van der Waals surface area contributed by atoms with Gasteiger partial charge in [0.15, 0.2) is 5.78 Å². The summed E-state index contributed by atoms with van der Waals surface area (Å²) in [5, 5.41) is 3.36. The molecule has 0 bridgehead atoms. The maximum absolute atomic E-state index is 12.6. The molecule has 140 valence electrons. The van der Waals surface area contributed by atoms with Crippen LogP contribution in [0.2, 0.25) is 0 Å². The molecule has 2 atom stereocenters. The standard InChI is InChI=1S/C23H37NO/c1-3-4-5-6-7-8-9-10-11-20-12-14-21(15-13-20)23(25)19(2)22-16-17-24-18-22/h12-15,19,22,24H,3-11,16-18H2,1-2H3. The van der Waals surface area contributed by atoms with E-state index in [1.165, 1.54) is 56.9 Å². The first-order valence-electron chi connectivity index (χ1n) is 10.6. The van der Waals surface area contributed by atoms with Crippen molar-refractivity contribution in [2.24, 2.45) is 11.8 Å². The Balaban J connectivity index is 1.66. The number of unbranched alkanes of at least 4 members (excludes halogenated alkanes) is 7. The van der Waals surface area contributed by atoms with Gasteiger partial charge < -0.3 is 5.32 Å². The Kier molecular flexibility index (Phi) is 9.25. The van der Waals surface area contributed by atoms with Gasteiger partial charge in [0.1, 0.15) is 0 Å². The first kappa shape index (κ1) is 20.2. The zero-order valence-corrected chi connectivity index (χ0v) is 16.4. The molecule has 2 unspecified atom stereocenters. The van der Waals surface area contributed by atoms with Crippen LogP contribution in [-0.4, -0.2) is 18.9 Å². The minimum Gasteiger partial charge on any atom is -0.316 e. The summed E-state index contributed by atoms with van der Waals surface area (Å²) in [4.78, 5) is 12.6. The molecule has 1 fully saturated rings. The topological polar surface area (TPSA) is 29.1 Å². The molecule has 25 heavy (non-hydrogen) atoms. The van der Waals surface area contributed by atoms with Crippen LogP contribution in [0.15, 0.2) is 24.3 Å². The molecule has 1 aromatic carbocycles. The van der Waals surface area contributed by atoms with E-state index >= 15 is 0 Å². The van der Waals surface area contributed by atoms with Crippen LogP contribution < -0.4 is 5.32 Å². The molecule has 1 saturated heterocycles. The van der Waals surface area contributed by atoms with Crippen molar-refractivity contribution >= 4 is 5.78 Å². The van der Waals surface area contributed by atoms with Crippen molar-refractivity contribution in [1.29, 1.82) is 0 Å². The molecule has 2 nitrogen and oxygen atoms in total. The van der Waals surface area contributed by atoms with Crippen LogP contribution in [0.3, 0.4) is 0 Å². The Morgan fingerprint density at radius 1 is 1.04 bits per heavy atom. The fraction of sp³-hybridized carbons (Fsp3) is 0.696. The summed E-state index contributed by atoms with van der Waals surface area (Å²) >= 11 is 0. The van der Waals surface area contributed by atoms with Crippen LogP contribution in [0.1, 0.15) is 87.6 Å². The molecule has 1 aliphatic heterocycles. The minimum atomic E-state index is 0.133. The maximum Gasteiger partial charge on any atom is 0.165 e. The number of hydrogen-bond acceptors (Lipinski definition) is 2. The van der Waals surface area contributed by atoms with Crippen LogP contribution >= 0.6 is 0 Å². The summed E-state index contributed by atoms with van der Waals surface area (Å²) in [5.74, 6) is 0.949. The van der Waals surface area contributed by atoms with E-state index in [2.05, 4.69) is 31.3 Å². The van der Waals surface area contributed by atoms with Gasteiger partial charge in [-0.1, -0.05) is 83.1 Å². The average molecular weight is 344 g/mol. The van der Waals surface area contributed by atoms with Crippen LogP contribution in [-0.2, 0) is 6.42 Å². The highest BCUT2D eigenvalue weighted by molar-refractivity contribution is 5.97. The molecule has 0 spiro atoms. The van der Waals surface area contributed by atoms with Crippen LogP contribution in [0.4, 0.5) is 0 Å². The first-order chi connectivity index (χ1) is 12.2. The lowest BCUT2D eigenvalue weighted by molar-refractivity contribution is 0.0893. The molecule has 0 radical (unpaired) electrons. The second-order valence-electron chi connectivity index (χ2n) is 7.83. The predicted molar refractivity (Wildman–Crippen MR) is 107 cm³/mol. The highest BCUT2D eigenvalue weighted by Crippen LogP contribution is 2.23. The van der Waals surface area contributed by atoms with Gasteiger partial charge in [-0.25, -0.2) is 0 Å². The van der Waals surface area contributed by atoms with Crippen molar-refractivity contribution in [1.82, 2.24) is 5.32 Å². The molecule has 1 N–H and O–H groups in total. The first-order valence-corrected chi connectivity index (χ1v) is 10.6. The van der Waals surface area contributed by atoms with Crippen molar-refractivity contribution < 1.29 is 4.79 Å². The van der Waals surface area contributed by atoms with Crippen molar-refractivity contribution in [2.75, 3.05) is 13.1 Å². The molecule has 1 aliphatic rings. The van der Waals surface area contributed by atoms with E-state index in [0.29, 0.717) is 11.7 Å². The Bertz CT molecular complexity index is 487. The monoisotopic (exact) mass is 343 g/mol. The van der Waals surface area contributed by atoms with Gasteiger partial charge >= 0.3 is 0 Å². The average Bonchev–Trinajstić information content (AvgIpc) is 3.18. The van der Waals surface area contributed by atoms with E-state index in [-0.39, 0.29) is 5.92 Å². The summed E-state index contributed by atoms with van der Waals surface area (Å²) in [6.45, 7) is 6.41. The van der Waals surface area contributed by atoms with Gasteiger partial charge in [-0.3, -0.25) is 4.79 Å². The van der Waals surface area contributed by atoms with E-state index in [1.807, 2.05) is 12.1 Å². The smallest absolute Gasteiger partial charge is 0.165 e. The van der Waals surface area contributed by atoms with Crippen LogP contribution in [0.5, 0.6) is 0 Å². The molecule has 2 rings (SSSR count). The quantitative estimate of drug-likeness (QED) is 0.384. The normalized spacial score (nSPS) is 18.4. The highest BCUT2D eigenvalue weighted by Gasteiger charge is 2.27. The molecule has 0 amide bonds. The number of carbonyl (C=O) groups is 1. The fourth-order valence-electron chi connectivity index (χ4n) is 3.88. The van der Waals surface area contributed by atoms with Gasteiger partial charge in [0.05, 0.1) is 0 Å². The number of hydrogen-bond donors (Lipinski definition) is 1. The van der Waals surface area contributed by atoms with Crippen molar-refractivity contribution in [3.05, 3.63) is 35.4 Å². The highest BCUT2D eigenvalue weighted by atomic mass is 16.1. The summed E-state index contributed by atoms with van der Waals surface area (Å²) in [5.41, 5.74) is 2.26. The lowest BCUT2D eigenvalue weighted by Crippen LogP contribution is -2.23. The van der Waals surface area contributed by atoms with E-state index in [0.717, 1.165) is 31.5 Å². The van der Waals surface area contributed by atoms with Gasteiger partial charge in [-0.15, -0.1) is 0 Å². The van der Waals surface area contributed by atoms with Crippen LogP contribution in [0, 0.1) is 11.8 Å². The van der Waals surface area contributed by atoms with Crippen molar-refractivity contribution in [2.45, 2.75) is 78.1 Å². The van der Waals surface area contributed by atoms with Gasteiger partial charge in [0.2, 0.25) is 0 Å². The molecule has 0 saturated carbocycles. The van der Waals surface area contributed by atoms with Gasteiger partial charge in [-0.2, -0.15) is 0 Å².